The van der Waals surface area contributed by atoms with Crippen LogP contribution in [0.15, 0.2) is 16.7 Å². The van der Waals surface area contributed by atoms with Crippen LogP contribution in [0.1, 0.15) is 12.8 Å². The topological polar surface area (TPSA) is 37.4 Å². The Morgan fingerprint density at radius 1 is 1.50 bits per heavy atom. The van der Waals surface area contributed by atoms with Gasteiger partial charge in [-0.15, -0.1) is 0 Å². The Kier molecular flexibility index (Phi) is 6.19. The third-order valence-electron chi connectivity index (χ3n) is 3.62. The zero-order valence-corrected chi connectivity index (χ0v) is 13.3. The van der Waals surface area contributed by atoms with Gasteiger partial charge in [-0.05, 0) is 47.3 Å². The second-order valence-corrected chi connectivity index (χ2v) is 6.00. The molecule has 4 nitrogen and oxygen atoms in total. The van der Waals surface area contributed by atoms with Crippen LogP contribution in [0.5, 0.6) is 0 Å². The number of anilines is 1. The van der Waals surface area contributed by atoms with Crippen molar-refractivity contribution in [1.82, 2.24) is 10.3 Å². The van der Waals surface area contributed by atoms with E-state index < -0.39 is 0 Å². The minimum absolute atomic E-state index is 0.254. The average Bonchev–Trinajstić information content (AvgIpc) is 2.45. The first-order valence-electron chi connectivity index (χ1n) is 6.96. The number of nitrogens with zero attached hydrogens (tertiary/aromatic N) is 2. The number of hydrogen-bond acceptors (Lipinski definition) is 4. The largest absolute Gasteiger partial charge is 0.383 e. The number of hydrogen-bond donors (Lipinski definition) is 1. The molecule has 0 radical (unpaired) electrons. The monoisotopic (exact) mass is 345 g/mol. The second kappa shape index (κ2) is 7.90. The summed E-state index contributed by atoms with van der Waals surface area (Å²) in [5, 5.41) is 3.39. The maximum absolute atomic E-state index is 13.9. The van der Waals surface area contributed by atoms with Crippen molar-refractivity contribution in [3.63, 3.8) is 0 Å². The van der Waals surface area contributed by atoms with E-state index in [9.17, 15) is 4.39 Å². The zero-order chi connectivity index (χ0) is 14.4. The lowest BCUT2D eigenvalue weighted by atomic mass is 9.97. The van der Waals surface area contributed by atoms with Gasteiger partial charge in [-0.2, -0.15) is 0 Å². The number of halogens is 2. The Morgan fingerprint density at radius 2 is 2.25 bits per heavy atom. The van der Waals surface area contributed by atoms with Gasteiger partial charge in [0.05, 0.1) is 6.61 Å². The fraction of sp³-hybridized carbons (Fsp3) is 0.643. The number of aromatic nitrogens is 1. The van der Waals surface area contributed by atoms with Gasteiger partial charge in [-0.25, -0.2) is 9.37 Å². The maximum atomic E-state index is 13.9. The SMILES string of the molecule is COCCNCC1CCN(c2ncc(Br)cc2F)CC1. The van der Waals surface area contributed by atoms with Crippen molar-refractivity contribution in [1.29, 1.82) is 0 Å². The summed E-state index contributed by atoms with van der Waals surface area (Å²) in [4.78, 5) is 6.22. The molecule has 112 valence electrons. The van der Waals surface area contributed by atoms with Crippen LogP contribution in [0.3, 0.4) is 0 Å². The Morgan fingerprint density at radius 3 is 2.90 bits per heavy atom. The third-order valence-corrected chi connectivity index (χ3v) is 4.05. The van der Waals surface area contributed by atoms with E-state index in [1.165, 1.54) is 6.07 Å². The Balaban J connectivity index is 1.79. The highest BCUT2D eigenvalue weighted by atomic mass is 79.9. The van der Waals surface area contributed by atoms with Gasteiger partial charge in [0, 0.05) is 37.4 Å². The molecular formula is C14H21BrFN3O. The van der Waals surface area contributed by atoms with Gasteiger partial charge in [-0.3, -0.25) is 0 Å². The van der Waals surface area contributed by atoms with Gasteiger partial charge in [-0.1, -0.05) is 0 Å². The summed E-state index contributed by atoms with van der Waals surface area (Å²) in [6.07, 6.45) is 3.78. The van der Waals surface area contributed by atoms with Crippen molar-refractivity contribution in [3.8, 4) is 0 Å². The fourth-order valence-corrected chi connectivity index (χ4v) is 2.77. The molecule has 1 aromatic heterocycles. The van der Waals surface area contributed by atoms with E-state index in [0.717, 1.165) is 45.6 Å². The molecule has 1 aromatic rings. The van der Waals surface area contributed by atoms with E-state index in [1.807, 2.05) is 4.90 Å². The zero-order valence-electron chi connectivity index (χ0n) is 11.7. The standard InChI is InChI=1S/C14H21BrFN3O/c1-20-7-4-17-9-11-2-5-19(6-3-11)14-13(16)8-12(15)10-18-14/h8,10-11,17H,2-7,9H2,1H3. The van der Waals surface area contributed by atoms with E-state index in [4.69, 9.17) is 4.74 Å². The van der Waals surface area contributed by atoms with E-state index in [0.29, 0.717) is 16.2 Å². The number of nitrogens with one attached hydrogen (secondary N) is 1. The number of piperidine rings is 1. The quantitative estimate of drug-likeness (QED) is 0.803. The summed E-state index contributed by atoms with van der Waals surface area (Å²) in [7, 11) is 1.71. The van der Waals surface area contributed by atoms with Crippen LogP contribution in [0.4, 0.5) is 10.2 Å². The van der Waals surface area contributed by atoms with Crippen LogP contribution in [-0.2, 0) is 4.74 Å². The molecule has 1 N–H and O–H groups in total. The first-order valence-corrected chi connectivity index (χ1v) is 7.75. The van der Waals surface area contributed by atoms with Crippen molar-refractivity contribution in [2.75, 3.05) is 44.8 Å². The summed E-state index contributed by atoms with van der Waals surface area (Å²) in [6.45, 7) is 4.37. The Bertz CT molecular complexity index is 425. The van der Waals surface area contributed by atoms with Crippen LogP contribution in [0.25, 0.3) is 0 Å². The van der Waals surface area contributed by atoms with Gasteiger partial charge >= 0.3 is 0 Å². The van der Waals surface area contributed by atoms with Gasteiger partial charge in [0.2, 0.25) is 0 Å². The highest BCUT2D eigenvalue weighted by molar-refractivity contribution is 9.10. The average molecular weight is 346 g/mol. The molecule has 1 saturated heterocycles. The summed E-state index contributed by atoms with van der Waals surface area (Å²) < 4.78 is 19.5. The molecule has 0 bridgehead atoms. The smallest absolute Gasteiger partial charge is 0.166 e. The lowest BCUT2D eigenvalue weighted by molar-refractivity contribution is 0.196. The van der Waals surface area contributed by atoms with Crippen LogP contribution < -0.4 is 10.2 Å². The summed E-state index contributed by atoms with van der Waals surface area (Å²) >= 11 is 3.23. The molecule has 0 saturated carbocycles. The van der Waals surface area contributed by atoms with Crippen molar-refractivity contribution in [3.05, 3.63) is 22.6 Å². The molecule has 0 unspecified atom stereocenters. The molecule has 1 aliphatic heterocycles. The molecule has 0 amide bonds. The van der Waals surface area contributed by atoms with Crippen molar-refractivity contribution in [2.45, 2.75) is 12.8 Å². The lowest BCUT2D eigenvalue weighted by Gasteiger charge is -2.33. The first-order chi connectivity index (χ1) is 9.70. The highest BCUT2D eigenvalue weighted by Gasteiger charge is 2.21. The summed E-state index contributed by atoms with van der Waals surface area (Å²) in [6, 6.07) is 1.47. The van der Waals surface area contributed by atoms with E-state index in [1.54, 1.807) is 13.3 Å². The number of ether oxygens (including phenoxy) is 1. The summed E-state index contributed by atoms with van der Waals surface area (Å²) in [5.74, 6) is 0.872. The molecule has 0 spiro atoms. The van der Waals surface area contributed by atoms with Gasteiger partial charge in [0.1, 0.15) is 0 Å². The minimum Gasteiger partial charge on any atom is -0.383 e. The second-order valence-electron chi connectivity index (χ2n) is 5.09. The minimum atomic E-state index is -0.254. The van der Waals surface area contributed by atoms with Gasteiger partial charge in [0.15, 0.2) is 11.6 Å². The number of pyridine rings is 1. The van der Waals surface area contributed by atoms with Crippen molar-refractivity contribution in [2.24, 2.45) is 5.92 Å². The van der Waals surface area contributed by atoms with Crippen LogP contribution in [-0.4, -0.2) is 44.9 Å². The van der Waals surface area contributed by atoms with E-state index >= 15 is 0 Å². The fourth-order valence-electron chi connectivity index (χ4n) is 2.47. The molecule has 0 aromatic carbocycles. The predicted octanol–water partition coefficient (Wildman–Crippen LogP) is 2.44. The summed E-state index contributed by atoms with van der Waals surface area (Å²) in [5.41, 5.74) is 0. The molecule has 1 fully saturated rings. The van der Waals surface area contributed by atoms with E-state index in [2.05, 4.69) is 26.2 Å². The van der Waals surface area contributed by atoms with Crippen molar-refractivity contribution >= 4 is 21.7 Å². The Labute approximate surface area is 127 Å². The molecule has 1 aliphatic rings. The maximum Gasteiger partial charge on any atom is 0.166 e. The van der Waals surface area contributed by atoms with Gasteiger partial charge < -0.3 is 15.0 Å². The third kappa shape index (κ3) is 4.40. The van der Waals surface area contributed by atoms with Gasteiger partial charge in [0.25, 0.3) is 0 Å². The van der Waals surface area contributed by atoms with Crippen molar-refractivity contribution < 1.29 is 9.13 Å². The first kappa shape index (κ1) is 15.7. The van der Waals surface area contributed by atoms with E-state index in [-0.39, 0.29) is 5.82 Å². The molecule has 6 heteroatoms. The highest BCUT2D eigenvalue weighted by Crippen LogP contribution is 2.25. The molecular weight excluding hydrogens is 325 g/mol. The van der Waals surface area contributed by atoms with Crippen LogP contribution in [0, 0.1) is 11.7 Å². The Hall–Kier alpha value is -0.720. The van der Waals surface area contributed by atoms with Crippen LogP contribution in [0.2, 0.25) is 0 Å². The molecule has 2 rings (SSSR count). The normalized spacial score (nSPS) is 16.6. The van der Waals surface area contributed by atoms with Crippen LogP contribution >= 0.6 is 15.9 Å². The molecule has 20 heavy (non-hydrogen) atoms. The lowest BCUT2D eigenvalue weighted by Crippen LogP contribution is -2.38. The predicted molar refractivity (Wildman–Crippen MR) is 81.6 cm³/mol. The number of rotatable bonds is 6. The molecule has 2 heterocycles. The number of methoxy groups -OCH3 is 1. The molecule has 0 aliphatic carbocycles. The molecule has 0 atom stereocenters.